The molecule has 0 aliphatic carbocycles. The van der Waals surface area contributed by atoms with Crippen LogP contribution in [0.5, 0.6) is 11.5 Å². The first-order valence-electron chi connectivity index (χ1n) is 5.69. The molecule has 0 spiro atoms. The number of aromatic nitrogens is 3. The number of methoxy groups -OCH3 is 2. The molecular weight excluding hydrogens is 364 g/mol. The van der Waals surface area contributed by atoms with E-state index in [4.69, 9.17) is 9.47 Å². The van der Waals surface area contributed by atoms with Crippen molar-refractivity contribution < 1.29 is 17.9 Å². The second kappa shape index (κ2) is 5.90. The molecule has 0 fully saturated rings. The van der Waals surface area contributed by atoms with Crippen molar-refractivity contribution in [3.8, 4) is 11.5 Å². The molecular formula is C11H13BrN4O4S. The molecule has 0 atom stereocenters. The number of ether oxygens (including phenoxy) is 2. The summed E-state index contributed by atoms with van der Waals surface area (Å²) in [4.78, 5) is 0. The van der Waals surface area contributed by atoms with Crippen LogP contribution in [-0.4, -0.2) is 37.6 Å². The van der Waals surface area contributed by atoms with Gasteiger partial charge in [0, 0.05) is 13.1 Å². The van der Waals surface area contributed by atoms with Crippen molar-refractivity contribution in [2.24, 2.45) is 7.05 Å². The van der Waals surface area contributed by atoms with Crippen LogP contribution in [0, 0.1) is 0 Å². The third-order valence-electron chi connectivity index (χ3n) is 2.64. The maximum Gasteiger partial charge on any atom is 0.282 e. The molecule has 1 heterocycles. The third-order valence-corrected chi connectivity index (χ3v) is 4.90. The summed E-state index contributed by atoms with van der Waals surface area (Å²) in [6, 6.07) is 4.75. The first kappa shape index (κ1) is 15.6. The van der Waals surface area contributed by atoms with Crippen molar-refractivity contribution in [1.29, 1.82) is 0 Å². The van der Waals surface area contributed by atoms with Crippen molar-refractivity contribution in [2.75, 3.05) is 18.9 Å². The van der Waals surface area contributed by atoms with Gasteiger partial charge in [0.05, 0.1) is 19.9 Å². The van der Waals surface area contributed by atoms with Gasteiger partial charge in [0.25, 0.3) is 10.0 Å². The highest BCUT2D eigenvalue weighted by Crippen LogP contribution is 2.31. The summed E-state index contributed by atoms with van der Waals surface area (Å²) in [6.45, 7) is 0. The number of aryl methyl sites for hydroxylation is 1. The first-order valence-corrected chi connectivity index (χ1v) is 7.96. The van der Waals surface area contributed by atoms with E-state index < -0.39 is 10.0 Å². The smallest absolute Gasteiger partial charge is 0.282 e. The average molecular weight is 377 g/mol. The van der Waals surface area contributed by atoms with Gasteiger partial charge in [0.15, 0.2) is 4.60 Å². The highest BCUT2D eigenvalue weighted by molar-refractivity contribution is 9.10. The van der Waals surface area contributed by atoms with Crippen LogP contribution in [0.15, 0.2) is 27.8 Å². The van der Waals surface area contributed by atoms with Gasteiger partial charge in [0.2, 0.25) is 5.03 Å². The van der Waals surface area contributed by atoms with Gasteiger partial charge in [0.1, 0.15) is 11.5 Å². The van der Waals surface area contributed by atoms with Crippen molar-refractivity contribution in [3.63, 3.8) is 0 Å². The second-order valence-corrected chi connectivity index (χ2v) is 6.33. The molecule has 0 aliphatic rings. The SMILES string of the molecule is COc1ccc(NS(=O)(=O)c2c(Br)nnn2C)c(OC)c1. The molecule has 0 saturated heterocycles. The van der Waals surface area contributed by atoms with Crippen LogP contribution in [0.1, 0.15) is 0 Å². The van der Waals surface area contributed by atoms with Crippen LogP contribution in [0.25, 0.3) is 0 Å². The van der Waals surface area contributed by atoms with Gasteiger partial charge in [-0.2, -0.15) is 8.42 Å². The summed E-state index contributed by atoms with van der Waals surface area (Å²) in [5.41, 5.74) is 0.284. The van der Waals surface area contributed by atoms with Gasteiger partial charge >= 0.3 is 0 Å². The number of nitrogens with one attached hydrogen (secondary N) is 1. The summed E-state index contributed by atoms with van der Waals surface area (Å²) in [7, 11) is 0.570. The van der Waals surface area contributed by atoms with Gasteiger partial charge in [-0.25, -0.2) is 4.68 Å². The minimum atomic E-state index is -3.86. The summed E-state index contributed by atoms with van der Waals surface area (Å²) >= 11 is 3.06. The zero-order valence-corrected chi connectivity index (χ0v) is 13.9. The van der Waals surface area contributed by atoms with E-state index in [1.54, 1.807) is 18.2 Å². The minimum Gasteiger partial charge on any atom is -0.497 e. The fourth-order valence-electron chi connectivity index (χ4n) is 1.68. The van der Waals surface area contributed by atoms with E-state index in [1.807, 2.05) is 0 Å². The molecule has 1 N–H and O–H groups in total. The van der Waals surface area contributed by atoms with E-state index in [1.165, 1.54) is 21.3 Å². The van der Waals surface area contributed by atoms with E-state index in [0.717, 1.165) is 4.68 Å². The van der Waals surface area contributed by atoms with Crippen LogP contribution < -0.4 is 14.2 Å². The Morgan fingerprint density at radius 1 is 1.29 bits per heavy atom. The number of hydrogen-bond donors (Lipinski definition) is 1. The maximum absolute atomic E-state index is 12.4. The van der Waals surface area contributed by atoms with E-state index in [2.05, 4.69) is 31.0 Å². The second-order valence-electron chi connectivity index (χ2n) is 3.98. The highest BCUT2D eigenvalue weighted by atomic mass is 79.9. The predicted molar refractivity (Wildman–Crippen MR) is 79.1 cm³/mol. The topological polar surface area (TPSA) is 95.3 Å². The third kappa shape index (κ3) is 3.10. The lowest BCUT2D eigenvalue weighted by Crippen LogP contribution is -2.17. The fraction of sp³-hybridized carbons (Fsp3) is 0.273. The maximum atomic E-state index is 12.4. The van der Waals surface area contributed by atoms with Gasteiger partial charge in [-0.1, -0.05) is 5.21 Å². The largest absolute Gasteiger partial charge is 0.497 e. The molecule has 0 amide bonds. The molecule has 1 aromatic heterocycles. The lowest BCUT2D eigenvalue weighted by Gasteiger charge is -2.12. The zero-order chi connectivity index (χ0) is 15.6. The number of benzene rings is 1. The number of hydrogen-bond acceptors (Lipinski definition) is 6. The first-order chi connectivity index (χ1) is 9.89. The molecule has 2 rings (SSSR count). The van der Waals surface area contributed by atoms with Crippen LogP contribution in [0.4, 0.5) is 5.69 Å². The summed E-state index contributed by atoms with van der Waals surface area (Å²) in [5.74, 6) is 0.891. The number of anilines is 1. The molecule has 0 radical (unpaired) electrons. The van der Waals surface area contributed by atoms with E-state index >= 15 is 0 Å². The van der Waals surface area contributed by atoms with Crippen molar-refractivity contribution in [3.05, 3.63) is 22.8 Å². The molecule has 0 unspecified atom stereocenters. The molecule has 10 heteroatoms. The van der Waals surface area contributed by atoms with E-state index in [-0.39, 0.29) is 15.3 Å². The quantitative estimate of drug-likeness (QED) is 0.846. The molecule has 21 heavy (non-hydrogen) atoms. The highest BCUT2D eigenvalue weighted by Gasteiger charge is 2.25. The molecule has 2 aromatic rings. The minimum absolute atomic E-state index is 0.0830. The molecule has 1 aromatic carbocycles. The molecule has 0 saturated carbocycles. The van der Waals surface area contributed by atoms with Crippen molar-refractivity contribution >= 4 is 31.6 Å². The number of halogens is 1. The van der Waals surface area contributed by atoms with Gasteiger partial charge < -0.3 is 9.47 Å². The Morgan fingerprint density at radius 3 is 2.52 bits per heavy atom. The number of rotatable bonds is 5. The van der Waals surface area contributed by atoms with Gasteiger partial charge in [-0.15, -0.1) is 5.10 Å². The molecule has 8 nitrogen and oxygen atoms in total. The average Bonchev–Trinajstić information content (AvgIpc) is 2.78. The number of sulfonamides is 1. The summed E-state index contributed by atoms with van der Waals surface area (Å²) in [6.07, 6.45) is 0. The Balaban J connectivity index is 2.42. The molecule has 114 valence electrons. The van der Waals surface area contributed by atoms with E-state index in [9.17, 15) is 8.42 Å². The van der Waals surface area contributed by atoms with Crippen LogP contribution in [-0.2, 0) is 17.1 Å². The van der Waals surface area contributed by atoms with Crippen LogP contribution >= 0.6 is 15.9 Å². The fourth-order valence-corrected chi connectivity index (χ4v) is 3.85. The number of nitrogens with zero attached hydrogens (tertiary/aromatic N) is 3. The standard InChI is InChI=1S/C11H13BrN4O4S/c1-16-11(10(12)13-15-16)21(17,18)14-8-5-4-7(19-2)6-9(8)20-3/h4-6,14H,1-3H3. The Morgan fingerprint density at radius 2 is 2.00 bits per heavy atom. The predicted octanol–water partition coefficient (Wildman–Crippen LogP) is 1.40. The Hall–Kier alpha value is -1.81. The Bertz CT molecular complexity index is 740. The van der Waals surface area contributed by atoms with Crippen molar-refractivity contribution in [2.45, 2.75) is 5.03 Å². The van der Waals surface area contributed by atoms with Crippen molar-refractivity contribution in [1.82, 2.24) is 15.0 Å². The summed E-state index contributed by atoms with van der Waals surface area (Å²) in [5, 5.41) is 7.21. The molecule has 0 bridgehead atoms. The van der Waals surface area contributed by atoms with Gasteiger partial charge in [-0.3, -0.25) is 4.72 Å². The normalized spacial score (nSPS) is 11.2. The van der Waals surface area contributed by atoms with Gasteiger partial charge in [-0.05, 0) is 28.1 Å². The lowest BCUT2D eigenvalue weighted by atomic mass is 10.3. The van der Waals surface area contributed by atoms with Crippen LogP contribution in [0.3, 0.4) is 0 Å². The van der Waals surface area contributed by atoms with E-state index in [0.29, 0.717) is 11.5 Å². The Kier molecular flexibility index (Phi) is 4.37. The van der Waals surface area contributed by atoms with Crippen LogP contribution in [0.2, 0.25) is 0 Å². The monoisotopic (exact) mass is 376 g/mol. The summed E-state index contributed by atoms with van der Waals surface area (Å²) < 4.78 is 38.7. The zero-order valence-electron chi connectivity index (χ0n) is 11.5. The Labute approximate surface area is 130 Å². The molecule has 0 aliphatic heterocycles. The lowest BCUT2D eigenvalue weighted by molar-refractivity contribution is 0.395.